The normalized spacial score (nSPS) is 16.4. The van der Waals surface area contributed by atoms with Gasteiger partial charge >= 0.3 is 6.09 Å². The molecule has 1 rings (SSSR count). The van der Waals surface area contributed by atoms with Crippen LogP contribution < -0.4 is 10.6 Å². The van der Waals surface area contributed by atoms with Gasteiger partial charge in [-0.05, 0) is 6.42 Å². The minimum absolute atomic E-state index is 0.277. The van der Waals surface area contributed by atoms with Crippen molar-refractivity contribution < 1.29 is 9.53 Å². The average Bonchev–Trinajstić information content (AvgIpc) is 2.02. The zero-order valence-corrected chi connectivity index (χ0v) is 8.14. The van der Waals surface area contributed by atoms with Gasteiger partial charge in [-0.3, -0.25) is 0 Å². The smallest absolute Gasteiger partial charge is 0.407 e. The molecule has 76 valence electrons. The summed E-state index contributed by atoms with van der Waals surface area (Å²) in [4.78, 5) is 11.0. The number of alkyl carbamates (subject to hydrolysis) is 1. The van der Waals surface area contributed by atoms with E-state index in [1.165, 1.54) is 0 Å². The molecule has 1 aliphatic heterocycles. The van der Waals surface area contributed by atoms with Crippen LogP contribution in [-0.4, -0.2) is 32.3 Å². The van der Waals surface area contributed by atoms with Gasteiger partial charge in [0.15, 0.2) is 0 Å². The van der Waals surface area contributed by atoms with Crippen molar-refractivity contribution in [2.24, 2.45) is 5.92 Å². The maximum Gasteiger partial charge on any atom is 0.407 e. The number of amides is 1. The number of rotatable bonds is 5. The fourth-order valence-corrected chi connectivity index (χ4v) is 1.08. The van der Waals surface area contributed by atoms with Crippen LogP contribution >= 0.6 is 0 Å². The van der Waals surface area contributed by atoms with Crippen LogP contribution in [0.3, 0.4) is 0 Å². The van der Waals surface area contributed by atoms with Crippen LogP contribution in [0.4, 0.5) is 4.79 Å². The van der Waals surface area contributed by atoms with Gasteiger partial charge < -0.3 is 15.4 Å². The van der Waals surface area contributed by atoms with Crippen molar-refractivity contribution in [3.63, 3.8) is 0 Å². The highest BCUT2D eigenvalue weighted by atomic mass is 16.5. The second kappa shape index (κ2) is 5.80. The molecule has 0 bridgehead atoms. The minimum Gasteiger partial charge on any atom is -0.450 e. The summed E-state index contributed by atoms with van der Waals surface area (Å²) < 4.78 is 4.93. The summed E-state index contributed by atoms with van der Waals surface area (Å²) in [6, 6.07) is 0. The lowest BCUT2D eigenvalue weighted by Crippen LogP contribution is -2.48. The molecule has 0 saturated carbocycles. The average molecular weight is 186 g/mol. The Morgan fingerprint density at radius 1 is 1.62 bits per heavy atom. The van der Waals surface area contributed by atoms with Crippen LogP contribution in [0.5, 0.6) is 0 Å². The van der Waals surface area contributed by atoms with E-state index in [4.69, 9.17) is 4.74 Å². The van der Waals surface area contributed by atoms with E-state index >= 15 is 0 Å². The van der Waals surface area contributed by atoms with Gasteiger partial charge in [0.1, 0.15) is 0 Å². The van der Waals surface area contributed by atoms with Crippen LogP contribution in [0.2, 0.25) is 0 Å². The molecule has 0 spiro atoms. The lowest BCUT2D eigenvalue weighted by molar-refractivity contribution is 0.141. The second-order valence-corrected chi connectivity index (χ2v) is 3.39. The molecule has 4 heteroatoms. The molecule has 1 heterocycles. The van der Waals surface area contributed by atoms with Gasteiger partial charge in [0, 0.05) is 25.6 Å². The number of ether oxygens (including phenoxy) is 1. The van der Waals surface area contributed by atoms with Gasteiger partial charge in [-0.15, -0.1) is 0 Å². The maximum absolute atomic E-state index is 11.0. The highest BCUT2D eigenvalue weighted by Gasteiger charge is 2.17. The fourth-order valence-electron chi connectivity index (χ4n) is 1.08. The molecule has 2 N–H and O–H groups in total. The molecule has 0 aromatic carbocycles. The first kappa shape index (κ1) is 10.3. The number of hydrogen-bond acceptors (Lipinski definition) is 3. The van der Waals surface area contributed by atoms with E-state index in [-0.39, 0.29) is 6.09 Å². The van der Waals surface area contributed by atoms with Gasteiger partial charge in [0.05, 0.1) is 6.61 Å². The highest BCUT2D eigenvalue weighted by molar-refractivity contribution is 5.67. The van der Waals surface area contributed by atoms with E-state index in [1.807, 2.05) is 0 Å². The van der Waals surface area contributed by atoms with Gasteiger partial charge in [-0.2, -0.15) is 0 Å². The second-order valence-electron chi connectivity index (χ2n) is 3.39. The molecule has 1 aliphatic rings. The summed E-state index contributed by atoms with van der Waals surface area (Å²) >= 11 is 0. The molecule has 4 nitrogen and oxygen atoms in total. The van der Waals surface area contributed by atoms with Crippen molar-refractivity contribution in [3.05, 3.63) is 0 Å². The Morgan fingerprint density at radius 2 is 2.38 bits per heavy atom. The standard InChI is InChI=1S/C9H18N2O2/c1-2-3-4-13-9(12)11-7-8-5-10-6-8/h8,10H,2-7H2,1H3,(H,11,12). The zero-order valence-electron chi connectivity index (χ0n) is 8.14. The molecule has 0 aromatic heterocycles. The molecule has 0 atom stereocenters. The summed E-state index contributed by atoms with van der Waals surface area (Å²) in [6.07, 6.45) is 1.72. The third-order valence-electron chi connectivity index (χ3n) is 2.13. The van der Waals surface area contributed by atoms with Gasteiger partial charge in [0.2, 0.25) is 0 Å². The molecule has 1 saturated heterocycles. The van der Waals surface area contributed by atoms with E-state index in [9.17, 15) is 4.79 Å². The van der Waals surface area contributed by atoms with E-state index in [0.717, 1.165) is 32.5 Å². The Balaban J connectivity index is 1.90. The Hall–Kier alpha value is -0.770. The first-order chi connectivity index (χ1) is 6.33. The number of hydrogen-bond donors (Lipinski definition) is 2. The monoisotopic (exact) mass is 186 g/mol. The van der Waals surface area contributed by atoms with Crippen LogP contribution in [0.25, 0.3) is 0 Å². The molecule has 0 unspecified atom stereocenters. The number of nitrogens with one attached hydrogen (secondary N) is 2. The minimum atomic E-state index is -0.277. The summed E-state index contributed by atoms with van der Waals surface area (Å²) in [5.41, 5.74) is 0. The van der Waals surface area contributed by atoms with Crippen molar-refractivity contribution >= 4 is 6.09 Å². The Bertz CT molecular complexity index is 158. The van der Waals surface area contributed by atoms with E-state index in [0.29, 0.717) is 12.5 Å². The van der Waals surface area contributed by atoms with Crippen LogP contribution in [0.1, 0.15) is 19.8 Å². The zero-order chi connectivity index (χ0) is 9.52. The molecule has 0 aliphatic carbocycles. The Labute approximate surface area is 79.0 Å². The summed E-state index contributed by atoms with van der Waals surface area (Å²) in [6.45, 7) is 5.36. The molecule has 1 fully saturated rings. The predicted octanol–water partition coefficient (Wildman–Crippen LogP) is 0.732. The van der Waals surface area contributed by atoms with E-state index < -0.39 is 0 Å². The van der Waals surface area contributed by atoms with Crippen molar-refractivity contribution in [2.45, 2.75) is 19.8 Å². The number of carbonyl (C=O) groups excluding carboxylic acids is 1. The topological polar surface area (TPSA) is 50.4 Å². The summed E-state index contributed by atoms with van der Waals surface area (Å²) in [7, 11) is 0. The van der Waals surface area contributed by atoms with Gasteiger partial charge in [0.25, 0.3) is 0 Å². The largest absolute Gasteiger partial charge is 0.450 e. The molecule has 0 aromatic rings. The summed E-state index contributed by atoms with van der Waals surface area (Å²) in [5, 5.41) is 5.89. The van der Waals surface area contributed by atoms with Crippen molar-refractivity contribution in [1.82, 2.24) is 10.6 Å². The van der Waals surface area contributed by atoms with Crippen molar-refractivity contribution in [2.75, 3.05) is 26.2 Å². The first-order valence-corrected chi connectivity index (χ1v) is 4.94. The molecular weight excluding hydrogens is 168 g/mol. The van der Waals surface area contributed by atoms with Crippen molar-refractivity contribution in [1.29, 1.82) is 0 Å². The molecular formula is C9H18N2O2. The number of carbonyl (C=O) groups is 1. The third-order valence-corrected chi connectivity index (χ3v) is 2.13. The summed E-state index contributed by atoms with van der Waals surface area (Å²) in [5.74, 6) is 0.596. The fraction of sp³-hybridized carbons (Fsp3) is 0.889. The SMILES string of the molecule is CCCCOC(=O)NCC1CNC1. The Morgan fingerprint density at radius 3 is 2.92 bits per heavy atom. The molecule has 13 heavy (non-hydrogen) atoms. The predicted molar refractivity (Wildman–Crippen MR) is 50.6 cm³/mol. The first-order valence-electron chi connectivity index (χ1n) is 4.94. The number of unbranched alkanes of at least 4 members (excludes halogenated alkanes) is 1. The highest BCUT2D eigenvalue weighted by Crippen LogP contribution is 1.99. The van der Waals surface area contributed by atoms with Crippen LogP contribution in [0.15, 0.2) is 0 Å². The van der Waals surface area contributed by atoms with Crippen molar-refractivity contribution in [3.8, 4) is 0 Å². The van der Waals surface area contributed by atoms with Gasteiger partial charge in [-0.25, -0.2) is 4.79 Å². The molecule has 0 radical (unpaired) electrons. The van der Waals surface area contributed by atoms with Crippen LogP contribution in [-0.2, 0) is 4.74 Å². The van der Waals surface area contributed by atoms with E-state index in [1.54, 1.807) is 0 Å². The quantitative estimate of drug-likeness (QED) is 0.622. The van der Waals surface area contributed by atoms with Gasteiger partial charge in [-0.1, -0.05) is 13.3 Å². The Kier molecular flexibility index (Phi) is 4.60. The lowest BCUT2D eigenvalue weighted by atomic mass is 10.0. The van der Waals surface area contributed by atoms with Crippen LogP contribution in [0, 0.1) is 5.92 Å². The lowest BCUT2D eigenvalue weighted by Gasteiger charge is -2.26. The maximum atomic E-state index is 11.0. The molecule has 1 amide bonds. The third kappa shape index (κ3) is 4.12. The van der Waals surface area contributed by atoms with E-state index in [2.05, 4.69) is 17.6 Å².